The van der Waals surface area contributed by atoms with E-state index in [9.17, 15) is 4.79 Å². The number of carbonyl (C=O) groups excluding carboxylic acids is 1. The van der Waals surface area contributed by atoms with E-state index in [1.54, 1.807) is 12.0 Å². The highest BCUT2D eigenvalue weighted by Crippen LogP contribution is 2.25. The van der Waals surface area contributed by atoms with Gasteiger partial charge in [0.2, 0.25) is 0 Å². The molecule has 2 aromatic rings. The van der Waals surface area contributed by atoms with Crippen LogP contribution in [0.2, 0.25) is 0 Å². The molecule has 1 heterocycles. The van der Waals surface area contributed by atoms with Gasteiger partial charge in [0.15, 0.2) is 0 Å². The summed E-state index contributed by atoms with van der Waals surface area (Å²) in [7, 11) is 1.69. The highest BCUT2D eigenvalue weighted by atomic mass is 16.6. The normalized spacial score (nSPS) is 16.2. The molecule has 0 saturated carbocycles. The third-order valence-corrected chi connectivity index (χ3v) is 5.44. The molecule has 1 unspecified atom stereocenters. The van der Waals surface area contributed by atoms with E-state index in [1.807, 2.05) is 30.3 Å². The van der Waals surface area contributed by atoms with Crippen molar-refractivity contribution in [3.8, 4) is 11.5 Å². The highest BCUT2D eigenvalue weighted by molar-refractivity contribution is 5.67. The minimum Gasteiger partial charge on any atom is -0.497 e. The van der Waals surface area contributed by atoms with Gasteiger partial charge in [0.05, 0.1) is 20.3 Å². The zero-order chi connectivity index (χ0) is 21.2. The number of amides is 1. The third kappa shape index (κ3) is 6.41. The van der Waals surface area contributed by atoms with Crippen molar-refractivity contribution in [1.29, 1.82) is 0 Å². The smallest absolute Gasteiger partial charge is 0.409 e. The van der Waals surface area contributed by atoms with Gasteiger partial charge in [0, 0.05) is 6.54 Å². The largest absolute Gasteiger partial charge is 0.497 e. The Hall–Kier alpha value is -2.69. The van der Waals surface area contributed by atoms with Crippen LogP contribution >= 0.6 is 0 Å². The van der Waals surface area contributed by atoms with Crippen molar-refractivity contribution < 1.29 is 19.0 Å². The number of ether oxygens (including phenoxy) is 3. The van der Waals surface area contributed by atoms with Crippen molar-refractivity contribution in [2.45, 2.75) is 51.6 Å². The molecule has 0 aromatic heterocycles. The molecule has 1 saturated heterocycles. The number of rotatable bonds is 9. The number of unbranched alkanes of at least 4 members (excludes halogenated alkanes) is 1. The van der Waals surface area contributed by atoms with Crippen LogP contribution in [0, 0.1) is 0 Å². The van der Waals surface area contributed by atoms with Gasteiger partial charge in [-0.15, -0.1) is 0 Å². The molecule has 3 rings (SSSR count). The van der Waals surface area contributed by atoms with Crippen molar-refractivity contribution in [2.24, 2.45) is 0 Å². The Balaban J connectivity index is 1.58. The van der Waals surface area contributed by atoms with Crippen LogP contribution in [0.4, 0.5) is 4.79 Å². The lowest BCUT2D eigenvalue weighted by Gasteiger charge is -2.32. The lowest BCUT2D eigenvalue weighted by atomic mass is 10.0. The van der Waals surface area contributed by atoms with Gasteiger partial charge in [-0.05, 0) is 61.4 Å². The molecule has 162 valence electrons. The zero-order valence-corrected chi connectivity index (χ0v) is 18.1. The first kappa shape index (κ1) is 22.0. The monoisotopic (exact) mass is 411 g/mol. The van der Waals surface area contributed by atoms with Crippen molar-refractivity contribution in [2.75, 3.05) is 26.8 Å². The minimum atomic E-state index is -0.219. The van der Waals surface area contributed by atoms with Crippen LogP contribution in [0.1, 0.15) is 43.7 Å². The van der Waals surface area contributed by atoms with Crippen LogP contribution in [0.3, 0.4) is 0 Å². The summed E-state index contributed by atoms with van der Waals surface area (Å²) in [4.78, 5) is 14.1. The second kappa shape index (κ2) is 11.5. The number of carbonyl (C=O) groups is 1. The first-order valence-electron chi connectivity index (χ1n) is 11.0. The number of nitrogens with zero attached hydrogens (tertiary/aromatic N) is 1. The number of piperidine rings is 1. The first-order valence-corrected chi connectivity index (χ1v) is 11.0. The molecule has 1 aliphatic rings. The molecule has 0 N–H and O–H groups in total. The predicted molar refractivity (Wildman–Crippen MR) is 118 cm³/mol. The van der Waals surface area contributed by atoms with E-state index < -0.39 is 0 Å². The summed E-state index contributed by atoms with van der Waals surface area (Å²) < 4.78 is 17.0. The van der Waals surface area contributed by atoms with Gasteiger partial charge < -0.3 is 19.1 Å². The Morgan fingerprint density at radius 1 is 1.13 bits per heavy atom. The Morgan fingerprint density at radius 2 is 2.00 bits per heavy atom. The molecule has 0 bridgehead atoms. The summed E-state index contributed by atoms with van der Waals surface area (Å²) in [5.74, 6) is 1.79. The van der Waals surface area contributed by atoms with Crippen LogP contribution in [0.15, 0.2) is 48.5 Å². The number of likely N-dealkylation sites (tertiary alicyclic amines) is 1. The Kier molecular flexibility index (Phi) is 8.42. The molecule has 30 heavy (non-hydrogen) atoms. The predicted octanol–water partition coefficient (Wildman–Crippen LogP) is 5.26. The Labute approximate surface area is 179 Å². The number of aryl methyl sites for hydroxylation is 2. The molecule has 0 radical (unpaired) electrons. The van der Waals surface area contributed by atoms with E-state index in [0.29, 0.717) is 13.2 Å². The van der Waals surface area contributed by atoms with E-state index >= 15 is 0 Å². The van der Waals surface area contributed by atoms with Crippen molar-refractivity contribution >= 4 is 6.09 Å². The summed E-state index contributed by atoms with van der Waals surface area (Å²) in [5, 5.41) is 0. The van der Waals surface area contributed by atoms with E-state index in [1.165, 1.54) is 11.1 Å². The maximum atomic E-state index is 12.3. The molecule has 1 aliphatic heterocycles. The van der Waals surface area contributed by atoms with Gasteiger partial charge in [-0.3, -0.25) is 0 Å². The standard InChI is InChI=1S/C25H33NO4/c1-3-4-17-29-25(27)26-16-8-12-23(19-26)30-24-13-6-5-10-21(24)15-14-20-9-7-11-22(18-20)28-2/h5-7,9-11,13,18,23H,3-4,8,12,14-17,19H2,1-2H3. The molecule has 1 atom stereocenters. The first-order chi connectivity index (χ1) is 14.7. The average Bonchev–Trinajstić information content (AvgIpc) is 2.79. The van der Waals surface area contributed by atoms with Crippen LogP contribution in [0.5, 0.6) is 11.5 Å². The fraction of sp³-hybridized carbons (Fsp3) is 0.480. The highest BCUT2D eigenvalue weighted by Gasteiger charge is 2.26. The molecule has 5 nitrogen and oxygen atoms in total. The molecule has 5 heteroatoms. The van der Waals surface area contributed by atoms with Gasteiger partial charge in [0.1, 0.15) is 17.6 Å². The lowest BCUT2D eigenvalue weighted by molar-refractivity contribution is 0.0578. The minimum absolute atomic E-state index is 0.00422. The van der Waals surface area contributed by atoms with Crippen molar-refractivity contribution in [3.63, 3.8) is 0 Å². The SMILES string of the molecule is CCCCOC(=O)N1CCCC(Oc2ccccc2CCc2cccc(OC)c2)C1. The van der Waals surface area contributed by atoms with Gasteiger partial charge >= 0.3 is 6.09 Å². The molecule has 1 fully saturated rings. The summed E-state index contributed by atoms with van der Waals surface area (Å²) >= 11 is 0. The lowest BCUT2D eigenvalue weighted by Crippen LogP contribution is -2.44. The summed E-state index contributed by atoms with van der Waals surface area (Å²) in [6.45, 7) is 3.90. The van der Waals surface area contributed by atoms with E-state index in [-0.39, 0.29) is 12.2 Å². The van der Waals surface area contributed by atoms with E-state index in [2.05, 4.69) is 25.1 Å². The summed E-state index contributed by atoms with van der Waals surface area (Å²) in [6.07, 6.45) is 5.38. The van der Waals surface area contributed by atoms with Crippen LogP contribution < -0.4 is 9.47 Å². The Morgan fingerprint density at radius 3 is 2.83 bits per heavy atom. The number of methoxy groups -OCH3 is 1. The van der Waals surface area contributed by atoms with Crippen molar-refractivity contribution in [3.05, 3.63) is 59.7 Å². The number of benzene rings is 2. The fourth-order valence-corrected chi connectivity index (χ4v) is 3.71. The van der Waals surface area contributed by atoms with Gasteiger partial charge in [-0.1, -0.05) is 43.7 Å². The second-order valence-corrected chi connectivity index (χ2v) is 7.76. The third-order valence-electron chi connectivity index (χ3n) is 5.44. The second-order valence-electron chi connectivity index (χ2n) is 7.76. The van der Waals surface area contributed by atoms with Gasteiger partial charge in [0.25, 0.3) is 0 Å². The zero-order valence-electron chi connectivity index (χ0n) is 18.1. The summed E-state index contributed by atoms with van der Waals surface area (Å²) in [5.41, 5.74) is 2.42. The molecule has 1 amide bonds. The van der Waals surface area contributed by atoms with E-state index in [4.69, 9.17) is 14.2 Å². The van der Waals surface area contributed by atoms with Gasteiger partial charge in [-0.2, -0.15) is 0 Å². The average molecular weight is 412 g/mol. The van der Waals surface area contributed by atoms with Crippen LogP contribution in [0.25, 0.3) is 0 Å². The topological polar surface area (TPSA) is 48.0 Å². The van der Waals surface area contributed by atoms with E-state index in [0.717, 1.165) is 56.6 Å². The maximum absolute atomic E-state index is 12.3. The van der Waals surface area contributed by atoms with Gasteiger partial charge in [-0.25, -0.2) is 4.79 Å². The maximum Gasteiger partial charge on any atom is 0.409 e. The Bertz CT molecular complexity index is 807. The molecule has 0 aliphatic carbocycles. The van der Waals surface area contributed by atoms with Crippen molar-refractivity contribution in [1.82, 2.24) is 4.90 Å². The molecule has 2 aromatic carbocycles. The number of hydrogen-bond acceptors (Lipinski definition) is 4. The summed E-state index contributed by atoms with van der Waals surface area (Å²) in [6, 6.07) is 16.4. The molecule has 0 spiro atoms. The van der Waals surface area contributed by atoms with Crippen LogP contribution in [-0.4, -0.2) is 43.9 Å². The van der Waals surface area contributed by atoms with Crippen LogP contribution in [-0.2, 0) is 17.6 Å². The fourth-order valence-electron chi connectivity index (χ4n) is 3.71. The molecular weight excluding hydrogens is 378 g/mol. The number of hydrogen-bond donors (Lipinski definition) is 0. The quantitative estimate of drug-likeness (QED) is 0.528. The number of para-hydroxylation sites is 1. The molecular formula is C25H33NO4.